The van der Waals surface area contributed by atoms with Crippen molar-refractivity contribution in [2.24, 2.45) is 0 Å². The van der Waals surface area contributed by atoms with Crippen LogP contribution in [0.3, 0.4) is 0 Å². The molecule has 2 aliphatic rings. The predicted octanol–water partition coefficient (Wildman–Crippen LogP) is 5.65. The van der Waals surface area contributed by atoms with Crippen LogP contribution in [0.25, 0.3) is 11.1 Å². The van der Waals surface area contributed by atoms with Gasteiger partial charge in [0.15, 0.2) is 6.29 Å². The van der Waals surface area contributed by atoms with Crippen molar-refractivity contribution in [3.63, 3.8) is 0 Å². The molecule has 2 saturated heterocycles. The summed E-state index contributed by atoms with van der Waals surface area (Å²) in [4.78, 5) is 15.0. The van der Waals surface area contributed by atoms with Crippen molar-refractivity contribution in [2.45, 2.75) is 38.1 Å². The third-order valence-corrected chi connectivity index (χ3v) is 8.09. The van der Waals surface area contributed by atoms with E-state index in [0.29, 0.717) is 12.1 Å². The Morgan fingerprint density at radius 1 is 0.791 bits per heavy atom. The first kappa shape index (κ1) is 29.2. The summed E-state index contributed by atoms with van der Waals surface area (Å²) in [6.07, 6.45) is 0.107. The molecular formula is C36H38N2O5. The molecule has 2 heterocycles. The average Bonchev–Trinajstić information content (AvgIpc) is 3.08. The van der Waals surface area contributed by atoms with E-state index in [2.05, 4.69) is 40.5 Å². The smallest absolute Gasteiger partial charge is 0.251 e. The number of hydrogen-bond donors (Lipinski definition) is 2. The minimum Gasteiger partial charge on any atom is -0.392 e. The van der Waals surface area contributed by atoms with E-state index in [-0.39, 0.29) is 24.7 Å². The van der Waals surface area contributed by atoms with Crippen molar-refractivity contribution >= 4 is 5.91 Å². The second-order valence-corrected chi connectivity index (χ2v) is 11.1. The van der Waals surface area contributed by atoms with Crippen molar-refractivity contribution < 1.29 is 24.1 Å². The second-order valence-electron chi connectivity index (χ2n) is 11.1. The molecule has 2 N–H and O–H groups in total. The van der Waals surface area contributed by atoms with Gasteiger partial charge in [0.05, 0.1) is 32.0 Å². The van der Waals surface area contributed by atoms with Crippen LogP contribution in [0.2, 0.25) is 0 Å². The van der Waals surface area contributed by atoms with E-state index in [1.165, 1.54) is 0 Å². The molecule has 222 valence electrons. The molecule has 0 aliphatic carbocycles. The number of hydrogen-bond acceptors (Lipinski definition) is 6. The summed E-state index contributed by atoms with van der Waals surface area (Å²) in [5.74, 6) is -0.0909. The van der Waals surface area contributed by atoms with Crippen LogP contribution in [0.1, 0.15) is 51.4 Å². The first-order valence-electron chi connectivity index (χ1n) is 15.0. The van der Waals surface area contributed by atoms with Gasteiger partial charge < -0.3 is 24.6 Å². The van der Waals surface area contributed by atoms with Crippen molar-refractivity contribution in [1.29, 1.82) is 0 Å². The Hall–Kier alpha value is -3.85. The fraction of sp³-hybridized carbons (Fsp3) is 0.306. The molecule has 4 aromatic carbocycles. The monoisotopic (exact) mass is 578 g/mol. The van der Waals surface area contributed by atoms with Crippen molar-refractivity contribution in [2.75, 3.05) is 32.8 Å². The number of amides is 1. The first-order chi connectivity index (χ1) is 21.1. The fourth-order valence-electron chi connectivity index (χ4n) is 5.70. The number of ether oxygens (including phenoxy) is 3. The summed E-state index contributed by atoms with van der Waals surface area (Å²) >= 11 is 0. The van der Waals surface area contributed by atoms with Crippen LogP contribution < -0.4 is 5.32 Å². The minimum atomic E-state index is -0.518. The van der Waals surface area contributed by atoms with E-state index in [9.17, 15) is 9.90 Å². The molecule has 0 spiro atoms. The quantitative estimate of drug-likeness (QED) is 0.267. The van der Waals surface area contributed by atoms with E-state index in [0.717, 1.165) is 72.6 Å². The number of aliphatic hydroxyl groups excluding tert-OH is 1. The number of carbonyl (C=O) groups excluding carboxylic acids is 1. The molecule has 0 radical (unpaired) electrons. The Morgan fingerprint density at radius 2 is 1.53 bits per heavy atom. The average molecular weight is 579 g/mol. The fourth-order valence-corrected chi connectivity index (χ4v) is 5.70. The Kier molecular flexibility index (Phi) is 9.57. The largest absolute Gasteiger partial charge is 0.392 e. The minimum absolute atomic E-state index is 0.000390. The SMILES string of the molecule is O=C(NCc1cccc(-c2cccc([C@@H]3O[C@H](CN4CCOCC4)C[C@H](c4ccc(CO)cc4)O3)c2)c1)c1ccccc1. The molecule has 0 bridgehead atoms. The Bertz CT molecular complexity index is 1490. The lowest BCUT2D eigenvalue weighted by Gasteiger charge is -2.39. The molecule has 7 nitrogen and oxygen atoms in total. The number of nitrogens with one attached hydrogen (secondary N) is 1. The maximum absolute atomic E-state index is 12.5. The lowest BCUT2D eigenvalue weighted by molar-refractivity contribution is -0.253. The standard InChI is InChI=1S/C36H38N2O5/c39-25-26-12-14-28(15-13-26)34-22-33(24-38-16-18-41-19-17-38)42-36(43-34)32-11-5-10-31(21-32)30-9-4-6-27(20-30)23-37-35(40)29-7-2-1-3-8-29/h1-15,20-21,33-34,36,39H,16-19,22-25H2,(H,37,40)/t33-,34+,36+/m0/s1. The van der Waals surface area contributed by atoms with Gasteiger partial charge in [-0.1, -0.05) is 78.9 Å². The van der Waals surface area contributed by atoms with Crippen LogP contribution in [0.5, 0.6) is 0 Å². The van der Waals surface area contributed by atoms with Gasteiger partial charge in [0.2, 0.25) is 0 Å². The van der Waals surface area contributed by atoms with Crippen molar-refractivity contribution in [1.82, 2.24) is 10.2 Å². The third kappa shape index (κ3) is 7.57. The maximum atomic E-state index is 12.5. The number of rotatable bonds is 9. The highest BCUT2D eigenvalue weighted by atomic mass is 16.7. The number of morpholine rings is 1. The molecule has 2 aliphatic heterocycles. The molecule has 0 unspecified atom stereocenters. The third-order valence-electron chi connectivity index (χ3n) is 8.09. The Labute approximate surface area is 253 Å². The van der Waals surface area contributed by atoms with Gasteiger partial charge in [0.1, 0.15) is 0 Å². The lowest BCUT2D eigenvalue weighted by atomic mass is 9.98. The summed E-state index contributed by atoms with van der Waals surface area (Å²) < 4.78 is 18.8. The van der Waals surface area contributed by atoms with Gasteiger partial charge in [-0.2, -0.15) is 0 Å². The molecule has 43 heavy (non-hydrogen) atoms. The van der Waals surface area contributed by atoms with Crippen LogP contribution in [0.4, 0.5) is 0 Å². The van der Waals surface area contributed by atoms with E-state index < -0.39 is 6.29 Å². The molecule has 2 fully saturated rings. The molecular weight excluding hydrogens is 540 g/mol. The molecule has 6 rings (SSSR count). The highest BCUT2D eigenvalue weighted by Gasteiger charge is 2.33. The van der Waals surface area contributed by atoms with Crippen molar-refractivity contribution in [3.8, 4) is 11.1 Å². The van der Waals surface area contributed by atoms with Crippen molar-refractivity contribution in [3.05, 3.63) is 131 Å². The summed E-state index contributed by atoms with van der Waals surface area (Å²) in [6, 6.07) is 33.8. The van der Waals surface area contributed by atoms with Crippen LogP contribution in [0.15, 0.2) is 103 Å². The van der Waals surface area contributed by atoms with E-state index >= 15 is 0 Å². The summed E-state index contributed by atoms with van der Waals surface area (Å²) in [6.45, 7) is 4.58. The van der Waals surface area contributed by atoms with Crippen LogP contribution in [0, 0.1) is 0 Å². The zero-order chi connectivity index (χ0) is 29.4. The van der Waals surface area contributed by atoms with Crippen LogP contribution in [-0.2, 0) is 27.4 Å². The highest BCUT2D eigenvalue weighted by Crippen LogP contribution is 2.39. The predicted molar refractivity (Wildman–Crippen MR) is 165 cm³/mol. The molecule has 0 aromatic heterocycles. The van der Waals surface area contributed by atoms with Gasteiger partial charge in [0.25, 0.3) is 5.91 Å². The van der Waals surface area contributed by atoms with Gasteiger partial charge in [-0.15, -0.1) is 0 Å². The summed E-state index contributed by atoms with van der Waals surface area (Å²) in [7, 11) is 0. The zero-order valence-electron chi connectivity index (χ0n) is 24.2. The Morgan fingerprint density at radius 3 is 2.30 bits per heavy atom. The van der Waals surface area contributed by atoms with Gasteiger partial charge in [-0.05, 0) is 52.1 Å². The van der Waals surface area contributed by atoms with Gasteiger partial charge >= 0.3 is 0 Å². The summed E-state index contributed by atoms with van der Waals surface area (Å²) in [5.41, 5.74) is 6.71. The lowest BCUT2D eigenvalue weighted by Crippen LogP contribution is -2.44. The summed E-state index contributed by atoms with van der Waals surface area (Å²) in [5, 5.41) is 12.5. The number of aliphatic hydroxyl groups is 1. The molecule has 7 heteroatoms. The molecule has 0 saturated carbocycles. The van der Waals surface area contributed by atoms with Crippen LogP contribution >= 0.6 is 0 Å². The second kappa shape index (κ2) is 14.1. The Balaban J connectivity index is 1.19. The number of nitrogens with zero attached hydrogens (tertiary/aromatic N) is 1. The van der Waals surface area contributed by atoms with Gasteiger partial charge in [-0.25, -0.2) is 0 Å². The van der Waals surface area contributed by atoms with E-state index in [4.69, 9.17) is 14.2 Å². The van der Waals surface area contributed by atoms with E-state index in [1.54, 1.807) is 0 Å². The normalized spacial score (nSPS) is 20.9. The topological polar surface area (TPSA) is 80.3 Å². The molecule has 4 aromatic rings. The maximum Gasteiger partial charge on any atom is 0.251 e. The van der Waals surface area contributed by atoms with Gasteiger partial charge in [0, 0.05) is 43.7 Å². The highest BCUT2D eigenvalue weighted by molar-refractivity contribution is 5.94. The van der Waals surface area contributed by atoms with Gasteiger partial charge in [-0.3, -0.25) is 9.69 Å². The number of benzene rings is 4. The zero-order valence-corrected chi connectivity index (χ0v) is 24.2. The first-order valence-corrected chi connectivity index (χ1v) is 15.0. The molecule has 1 amide bonds. The van der Waals surface area contributed by atoms with Crippen LogP contribution in [-0.4, -0.2) is 54.9 Å². The van der Waals surface area contributed by atoms with E-state index in [1.807, 2.05) is 72.8 Å². The molecule has 3 atom stereocenters. The number of carbonyl (C=O) groups is 1.